The van der Waals surface area contributed by atoms with Crippen LogP contribution < -0.4 is 4.74 Å². The van der Waals surface area contributed by atoms with Gasteiger partial charge < -0.3 is 9.47 Å². The molecule has 0 spiro atoms. The van der Waals surface area contributed by atoms with Crippen LogP contribution in [0.5, 0.6) is 5.75 Å². The third-order valence-electron chi connectivity index (χ3n) is 3.03. The predicted octanol–water partition coefficient (Wildman–Crippen LogP) is 2.76. The van der Waals surface area contributed by atoms with Crippen molar-refractivity contribution in [1.29, 1.82) is 0 Å². The molecule has 0 bridgehead atoms. The first-order chi connectivity index (χ1) is 8.17. The van der Waals surface area contributed by atoms with Crippen LogP contribution in [0.2, 0.25) is 0 Å². The van der Waals surface area contributed by atoms with Gasteiger partial charge in [-0.25, -0.2) is 4.79 Å². The first-order valence-electron chi connectivity index (χ1n) is 5.63. The van der Waals surface area contributed by atoms with Crippen LogP contribution in [0, 0.1) is 0 Å². The second-order valence-corrected chi connectivity index (χ2v) is 4.20. The summed E-state index contributed by atoms with van der Waals surface area (Å²) < 4.78 is 9.99. The largest absolute Gasteiger partial charge is 0.496 e. The van der Waals surface area contributed by atoms with Crippen molar-refractivity contribution >= 4 is 11.5 Å². The van der Waals surface area contributed by atoms with Gasteiger partial charge in [0.25, 0.3) is 0 Å². The summed E-state index contributed by atoms with van der Waals surface area (Å²) in [5, 5.41) is 0. The molecule has 1 saturated carbocycles. The summed E-state index contributed by atoms with van der Waals surface area (Å²) in [7, 11) is 3.02. The zero-order chi connectivity index (χ0) is 12.4. The molecule has 1 aromatic rings. The van der Waals surface area contributed by atoms with Crippen molar-refractivity contribution in [3.8, 4) is 5.75 Å². The van der Waals surface area contributed by atoms with Gasteiger partial charge in [0.15, 0.2) is 0 Å². The van der Waals surface area contributed by atoms with Crippen molar-refractivity contribution in [1.82, 2.24) is 0 Å². The maximum atomic E-state index is 11.4. The average molecular weight is 232 g/mol. The van der Waals surface area contributed by atoms with Crippen LogP contribution in [0.4, 0.5) is 0 Å². The number of benzene rings is 1. The van der Waals surface area contributed by atoms with Crippen LogP contribution >= 0.6 is 0 Å². The third kappa shape index (κ3) is 2.33. The molecule has 0 N–H and O–H groups in total. The van der Waals surface area contributed by atoms with E-state index >= 15 is 0 Å². The number of ether oxygens (including phenoxy) is 2. The van der Waals surface area contributed by atoms with Crippen LogP contribution in [0.3, 0.4) is 0 Å². The lowest BCUT2D eigenvalue weighted by atomic mass is 10.0. The third-order valence-corrected chi connectivity index (χ3v) is 3.03. The number of hydrogen-bond acceptors (Lipinski definition) is 3. The standard InChI is InChI=1S/C14H16O3/c1-9(14(15)17-3)11-6-7-13(16-2)12(8-11)10-4-5-10/h6-8,10H,1,4-5H2,2-3H3. The highest BCUT2D eigenvalue weighted by Gasteiger charge is 2.27. The molecule has 2 rings (SSSR count). The summed E-state index contributed by atoms with van der Waals surface area (Å²) in [6.45, 7) is 3.76. The summed E-state index contributed by atoms with van der Waals surface area (Å²) in [6.07, 6.45) is 2.37. The monoisotopic (exact) mass is 232 g/mol. The van der Waals surface area contributed by atoms with E-state index in [4.69, 9.17) is 4.74 Å². The number of carbonyl (C=O) groups is 1. The van der Waals surface area contributed by atoms with Gasteiger partial charge in [-0.05, 0) is 42.0 Å². The minimum atomic E-state index is -0.392. The van der Waals surface area contributed by atoms with Crippen molar-refractivity contribution < 1.29 is 14.3 Å². The molecule has 1 fully saturated rings. The van der Waals surface area contributed by atoms with Gasteiger partial charge in [0.1, 0.15) is 5.75 Å². The highest BCUT2D eigenvalue weighted by atomic mass is 16.5. The Morgan fingerprint density at radius 1 is 1.35 bits per heavy atom. The summed E-state index contributed by atoms with van der Waals surface area (Å²) in [4.78, 5) is 11.4. The summed E-state index contributed by atoms with van der Waals surface area (Å²) in [5.41, 5.74) is 2.35. The van der Waals surface area contributed by atoms with E-state index in [1.165, 1.54) is 20.0 Å². The van der Waals surface area contributed by atoms with Crippen molar-refractivity contribution in [2.45, 2.75) is 18.8 Å². The number of hydrogen-bond donors (Lipinski definition) is 0. The highest BCUT2D eigenvalue weighted by molar-refractivity contribution is 6.15. The van der Waals surface area contributed by atoms with Gasteiger partial charge in [-0.15, -0.1) is 0 Å². The number of carbonyl (C=O) groups excluding carboxylic acids is 1. The van der Waals surface area contributed by atoms with Gasteiger partial charge in [0.2, 0.25) is 0 Å². The van der Waals surface area contributed by atoms with Gasteiger partial charge in [0, 0.05) is 0 Å². The number of esters is 1. The van der Waals surface area contributed by atoms with Crippen LogP contribution in [-0.4, -0.2) is 20.2 Å². The Bertz CT molecular complexity index is 459. The molecule has 3 heteroatoms. The average Bonchev–Trinajstić information content (AvgIpc) is 3.20. The Morgan fingerprint density at radius 2 is 2.06 bits per heavy atom. The molecule has 0 unspecified atom stereocenters. The second-order valence-electron chi connectivity index (χ2n) is 4.20. The molecular formula is C14H16O3. The molecule has 0 atom stereocenters. The van der Waals surface area contributed by atoms with Gasteiger partial charge in [-0.1, -0.05) is 12.6 Å². The van der Waals surface area contributed by atoms with E-state index in [0.717, 1.165) is 16.9 Å². The molecule has 0 aliphatic heterocycles. The van der Waals surface area contributed by atoms with E-state index in [0.29, 0.717) is 11.5 Å². The van der Waals surface area contributed by atoms with E-state index in [9.17, 15) is 4.79 Å². The van der Waals surface area contributed by atoms with Crippen molar-refractivity contribution in [2.24, 2.45) is 0 Å². The molecule has 17 heavy (non-hydrogen) atoms. The topological polar surface area (TPSA) is 35.5 Å². The highest BCUT2D eigenvalue weighted by Crippen LogP contribution is 2.45. The SMILES string of the molecule is C=C(C(=O)OC)c1ccc(OC)c(C2CC2)c1. The van der Waals surface area contributed by atoms with Gasteiger partial charge in [0.05, 0.1) is 19.8 Å². The van der Waals surface area contributed by atoms with Crippen LogP contribution in [-0.2, 0) is 9.53 Å². The van der Waals surface area contributed by atoms with Crippen LogP contribution in [0.1, 0.15) is 29.9 Å². The maximum Gasteiger partial charge on any atom is 0.337 e. The fraction of sp³-hybridized carbons (Fsp3) is 0.357. The van der Waals surface area contributed by atoms with Crippen LogP contribution in [0.15, 0.2) is 24.8 Å². The lowest BCUT2D eigenvalue weighted by molar-refractivity contribution is -0.133. The van der Waals surface area contributed by atoms with Gasteiger partial charge in [-0.3, -0.25) is 0 Å². The molecule has 0 heterocycles. The number of rotatable bonds is 4. The maximum absolute atomic E-state index is 11.4. The predicted molar refractivity (Wildman–Crippen MR) is 66.0 cm³/mol. The zero-order valence-electron chi connectivity index (χ0n) is 10.2. The van der Waals surface area contributed by atoms with E-state index in [-0.39, 0.29) is 0 Å². The lowest BCUT2D eigenvalue weighted by Gasteiger charge is -2.10. The normalized spacial score (nSPS) is 14.2. The second kappa shape index (κ2) is 4.62. The smallest absolute Gasteiger partial charge is 0.337 e. The molecule has 1 aromatic carbocycles. The quantitative estimate of drug-likeness (QED) is 0.591. The molecule has 0 amide bonds. The van der Waals surface area contributed by atoms with Gasteiger partial charge >= 0.3 is 5.97 Å². The number of methoxy groups -OCH3 is 2. The Kier molecular flexibility index (Phi) is 3.18. The lowest BCUT2D eigenvalue weighted by Crippen LogP contribution is -2.03. The zero-order valence-corrected chi connectivity index (χ0v) is 10.2. The van der Waals surface area contributed by atoms with E-state index < -0.39 is 5.97 Å². The van der Waals surface area contributed by atoms with E-state index in [1.54, 1.807) is 7.11 Å². The Hall–Kier alpha value is -1.77. The minimum Gasteiger partial charge on any atom is -0.496 e. The minimum absolute atomic E-state index is 0.386. The van der Waals surface area contributed by atoms with E-state index in [1.807, 2.05) is 18.2 Å². The fourth-order valence-corrected chi connectivity index (χ4v) is 1.88. The summed E-state index contributed by atoms with van der Waals surface area (Å²) in [5.74, 6) is 1.06. The van der Waals surface area contributed by atoms with Crippen molar-refractivity contribution in [3.63, 3.8) is 0 Å². The first kappa shape index (κ1) is 11.7. The Balaban J connectivity index is 2.33. The molecule has 1 aliphatic carbocycles. The molecule has 0 radical (unpaired) electrons. The summed E-state index contributed by atoms with van der Waals surface area (Å²) in [6, 6.07) is 5.71. The molecule has 0 aromatic heterocycles. The molecule has 90 valence electrons. The molecule has 3 nitrogen and oxygen atoms in total. The molecule has 1 aliphatic rings. The van der Waals surface area contributed by atoms with Gasteiger partial charge in [-0.2, -0.15) is 0 Å². The fourth-order valence-electron chi connectivity index (χ4n) is 1.88. The Labute approximate surface area is 101 Å². The van der Waals surface area contributed by atoms with E-state index in [2.05, 4.69) is 11.3 Å². The van der Waals surface area contributed by atoms with Crippen molar-refractivity contribution in [3.05, 3.63) is 35.9 Å². The summed E-state index contributed by atoms with van der Waals surface area (Å²) >= 11 is 0. The molecule has 0 saturated heterocycles. The Morgan fingerprint density at radius 3 is 2.59 bits per heavy atom. The van der Waals surface area contributed by atoms with Crippen LogP contribution in [0.25, 0.3) is 5.57 Å². The van der Waals surface area contributed by atoms with Crippen molar-refractivity contribution in [2.75, 3.05) is 14.2 Å². The first-order valence-corrected chi connectivity index (χ1v) is 5.63. The molecular weight excluding hydrogens is 216 g/mol.